The fourth-order valence-corrected chi connectivity index (χ4v) is 4.93. The van der Waals surface area contributed by atoms with Crippen LogP contribution in [0.25, 0.3) is 0 Å². The van der Waals surface area contributed by atoms with E-state index in [4.69, 9.17) is 22.2 Å². The summed E-state index contributed by atoms with van der Waals surface area (Å²) >= 11 is 6.04. The number of rotatable bonds is 7. The van der Waals surface area contributed by atoms with Gasteiger partial charge in [0.25, 0.3) is 15.9 Å². The largest absolute Gasteiger partial charge is 0.371 e. The fourth-order valence-electron chi connectivity index (χ4n) is 3.46. The quantitative estimate of drug-likeness (QED) is 0.587. The molecule has 1 saturated heterocycles. The van der Waals surface area contributed by atoms with Crippen molar-refractivity contribution in [1.82, 2.24) is 4.47 Å². The number of piperidine rings is 1. The van der Waals surface area contributed by atoms with E-state index < -0.39 is 15.9 Å². The number of primary amides is 1. The second-order valence-electron chi connectivity index (χ2n) is 7.41. The first-order valence-corrected chi connectivity index (χ1v) is 11.7. The minimum Gasteiger partial charge on any atom is -0.371 e. The molecule has 9 nitrogen and oxygen atoms in total. The number of carbonyl (C=O) groups excluding carboxylic acids is 2. The normalized spacial score (nSPS) is 15.1. The van der Waals surface area contributed by atoms with Crippen LogP contribution in [0.15, 0.2) is 47.4 Å². The molecule has 1 heterocycles. The van der Waals surface area contributed by atoms with Crippen molar-refractivity contribution in [1.29, 1.82) is 0 Å². The Hall–Kier alpha value is -2.66. The molecule has 2 amide bonds. The highest BCUT2D eigenvalue weighted by atomic mass is 35.5. The molecule has 0 aliphatic carbocycles. The molecular weight excluding hydrogens is 456 g/mol. The number of carbonyl (C=O) groups is 2. The maximum Gasteiger partial charge on any atom is 0.266 e. The van der Waals surface area contributed by atoms with Crippen molar-refractivity contribution in [2.45, 2.75) is 17.7 Å². The number of amides is 2. The number of benzene rings is 2. The van der Waals surface area contributed by atoms with Gasteiger partial charge in [-0.2, -0.15) is 0 Å². The third-order valence-electron chi connectivity index (χ3n) is 5.45. The molecule has 1 aliphatic heterocycles. The minimum atomic E-state index is -4.01. The van der Waals surface area contributed by atoms with Crippen LogP contribution in [0.5, 0.6) is 0 Å². The number of nitrogens with zero attached hydrogens (tertiary/aromatic N) is 2. The van der Waals surface area contributed by atoms with E-state index in [1.54, 1.807) is 12.1 Å². The van der Waals surface area contributed by atoms with Crippen molar-refractivity contribution < 1.29 is 22.8 Å². The molecular formula is C21H25ClN4O5S. The second kappa shape index (κ2) is 9.86. The maximum absolute atomic E-state index is 12.7. The molecule has 2 aromatic rings. The van der Waals surface area contributed by atoms with Gasteiger partial charge in [-0.15, -0.1) is 0 Å². The molecule has 0 spiro atoms. The van der Waals surface area contributed by atoms with Crippen molar-refractivity contribution in [3.8, 4) is 0 Å². The Morgan fingerprint density at radius 1 is 1.16 bits per heavy atom. The summed E-state index contributed by atoms with van der Waals surface area (Å²) < 4.78 is 25.7. The summed E-state index contributed by atoms with van der Waals surface area (Å²) in [6.45, 7) is 1.47. The lowest BCUT2D eigenvalue weighted by molar-refractivity contribution is -0.122. The van der Waals surface area contributed by atoms with Crippen LogP contribution in [0.3, 0.4) is 0 Å². The van der Waals surface area contributed by atoms with E-state index in [-0.39, 0.29) is 27.3 Å². The Balaban J connectivity index is 1.70. The van der Waals surface area contributed by atoms with Crippen molar-refractivity contribution >= 4 is 44.8 Å². The molecule has 3 N–H and O–H groups in total. The third kappa shape index (κ3) is 5.21. The van der Waals surface area contributed by atoms with Gasteiger partial charge in [-0.3, -0.25) is 14.4 Å². The average molecular weight is 481 g/mol. The number of nitrogens with one attached hydrogen (secondary N) is 1. The van der Waals surface area contributed by atoms with Crippen molar-refractivity contribution in [3.63, 3.8) is 0 Å². The minimum absolute atomic E-state index is 0.0186. The molecule has 0 unspecified atom stereocenters. The van der Waals surface area contributed by atoms with Gasteiger partial charge in [-0.1, -0.05) is 16.1 Å². The number of halogens is 1. The van der Waals surface area contributed by atoms with Gasteiger partial charge in [0.2, 0.25) is 5.91 Å². The van der Waals surface area contributed by atoms with Crippen molar-refractivity contribution in [2.24, 2.45) is 11.7 Å². The number of anilines is 2. The Kier molecular flexibility index (Phi) is 7.40. The van der Waals surface area contributed by atoms with Gasteiger partial charge in [-0.05, 0) is 55.3 Å². The SMILES string of the molecule is CON(C)S(=O)(=O)c1cc(C(=O)Nc2ccc(N3CCC(C(N)=O)CC3)cc2)ccc1Cl. The average Bonchev–Trinajstić information content (AvgIpc) is 2.79. The lowest BCUT2D eigenvalue weighted by Gasteiger charge is -2.32. The van der Waals surface area contributed by atoms with E-state index in [1.807, 2.05) is 12.1 Å². The van der Waals surface area contributed by atoms with Crippen molar-refractivity contribution in [2.75, 3.05) is 37.5 Å². The first-order chi connectivity index (χ1) is 15.1. The maximum atomic E-state index is 12.7. The molecule has 11 heteroatoms. The predicted molar refractivity (Wildman–Crippen MR) is 122 cm³/mol. The number of hydrogen-bond donors (Lipinski definition) is 2. The Labute approximate surface area is 192 Å². The monoisotopic (exact) mass is 480 g/mol. The van der Waals surface area contributed by atoms with Crippen LogP contribution in [-0.2, 0) is 19.7 Å². The Morgan fingerprint density at radius 2 is 1.78 bits per heavy atom. The first kappa shape index (κ1) is 24.0. The Morgan fingerprint density at radius 3 is 2.34 bits per heavy atom. The predicted octanol–water partition coefficient (Wildman–Crippen LogP) is 2.48. The Bertz CT molecular complexity index is 1100. The summed E-state index contributed by atoms with van der Waals surface area (Å²) in [5, 5.41) is 2.73. The van der Waals surface area contributed by atoms with Crippen molar-refractivity contribution in [3.05, 3.63) is 53.1 Å². The van der Waals surface area contributed by atoms with Gasteiger partial charge in [0.15, 0.2) is 0 Å². The van der Waals surface area contributed by atoms with E-state index in [9.17, 15) is 18.0 Å². The molecule has 0 bridgehead atoms. The summed E-state index contributed by atoms with van der Waals surface area (Å²) in [5.74, 6) is -0.815. The summed E-state index contributed by atoms with van der Waals surface area (Å²) in [4.78, 5) is 30.7. The first-order valence-electron chi connectivity index (χ1n) is 9.91. The molecule has 1 aliphatic rings. The molecule has 0 aromatic heterocycles. The zero-order valence-electron chi connectivity index (χ0n) is 17.7. The highest BCUT2D eigenvalue weighted by Gasteiger charge is 2.26. The molecule has 0 saturated carbocycles. The molecule has 2 aromatic carbocycles. The van der Waals surface area contributed by atoms with Crippen LogP contribution in [-0.4, -0.2) is 51.9 Å². The van der Waals surface area contributed by atoms with Crippen LogP contribution in [0, 0.1) is 5.92 Å². The fraction of sp³-hybridized carbons (Fsp3) is 0.333. The van der Waals surface area contributed by atoms with Gasteiger partial charge < -0.3 is 16.0 Å². The molecule has 1 fully saturated rings. The van der Waals surface area contributed by atoms with Gasteiger partial charge in [0, 0.05) is 43.0 Å². The summed E-state index contributed by atoms with van der Waals surface area (Å²) in [6, 6.07) is 11.3. The lowest BCUT2D eigenvalue weighted by atomic mass is 9.96. The number of nitrogens with two attached hydrogens (primary N) is 1. The molecule has 0 radical (unpaired) electrons. The van der Waals surface area contributed by atoms with Crippen LogP contribution in [0.2, 0.25) is 5.02 Å². The zero-order chi connectivity index (χ0) is 23.5. The molecule has 0 atom stereocenters. The van der Waals surface area contributed by atoms with Crippen LogP contribution in [0.1, 0.15) is 23.2 Å². The van der Waals surface area contributed by atoms with E-state index in [1.165, 1.54) is 32.4 Å². The summed E-state index contributed by atoms with van der Waals surface area (Å²) in [5.41, 5.74) is 7.05. The van der Waals surface area contributed by atoms with Gasteiger partial charge in [0.05, 0.1) is 12.1 Å². The van der Waals surface area contributed by atoms with Crippen LogP contribution in [0.4, 0.5) is 11.4 Å². The standard InChI is InChI=1S/C21H25ClN4O5S/c1-25(31-2)32(29,30)19-13-15(3-8-18(19)22)21(28)24-16-4-6-17(7-5-16)26-11-9-14(10-12-26)20(23)27/h3-8,13-14H,9-12H2,1-2H3,(H2,23,27)(H,24,28). The number of hydroxylamine groups is 1. The smallest absolute Gasteiger partial charge is 0.266 e. The van der Waals surface area contributed by atoms with Gasteiger partial charge >= 0.3 is 0 Å². The van der Waals surface area contributed by atoms with Crippen LogP contribution >= 0.6 is 11.6 Å². The third-order valence-corrected chi connectivity index (χ3v) is 7.62. The van der Waals surface area contributed by atoms with E-state index in [0.717, 1.165) is 18.8 Å². The summed E-state index contributed by atoms with van der Waals surface area (Å²) in [6.07, 6.45) is 1.43. The summed E-state index contributed by atoms with van der Waals surface area (Å²) in [7, 11) is -1.56. The molecule has 3 rings (SSSR count). The van der Waals surface area contributed by atoms with E-state index in [0.29, 0.717) is 23.0 Å². The highest BCUT2D eigenvalue weighted by molar-refractivity contribution is 7.89. The second-order valence-corrected chi connectivity index (χ2v) is 9.72. The molecule has 32 heavy (non-hydrogen) atoms. The number of sulfonamides is 1. The highest BCUT2D eigenvalue weighted by Crippen LogP contribution is 2.27. The topological polar surface area (TPSA) is 122 Å². The van der Waals surface area contributed by atoms with Gasteiger partial charge in [0.1, 0.15) is 4.90 Å². The van der Waals surface area contributed by atoms with E-state index in [2.05, 4.69) is 10.2 Å². The zero-order valence-corrected chi connectivity index (χ0v) is 19.3. The lowest BCUT2D eigenvalue weighted by Crippen LogP contribution is -2.38. The molecule has 172 valence electrons. The van der Waals surface area contributed by atoms with Gasteiger partial charge in [-0.25, -0.2) is 8.42 Å². The van der Waals surface area contributed by atoms with Crippen LogP contribution < -0.4 is 16.0 Å². The number of hydrogen-bond acceptors (Lipinski definition) is 6. The van der Waals surface area contributed by atoms with E-state index >= 15 is 0 Å².